The lowest BCUT2D eigenvalue weighted by atomic mass is 10.1. The maximum Gasteiger partial charge on any atom is 0.270 e. The van der Waals surface area contributed by atoms with E-state index in [9.17, 15) is 9.18 Å². The van der Waals surface area contributed by atoms with Gasteiger partial charge in [0, 0.05) is 43.5 Å². The number of hydrogen-bond acceptors (Lipinski definition) is 5. The fraction of sp³-hybridized carbons (Fsp3) is 0.300. The molecule has 1 aliphatic heterocycles. The second-order valence-corrected chi connectivity index (χ2v) is 7.44. The number of halogens is 1. The Morgan fingerprint density at radius 2 is 2.17 bits per heavy atom. The van der Waals surface area contributed by atoms with E-state index in [1.807, 2.05) is 11.3 Å². The SMILES string of the molecule is Cc1ccc(F)c2[nH]c(C(=O)N3CCN(c4nccn5cnnc45)C(C)C3)cc12. The molecule has 0 aliphatic carbocycles. The quantitative estimate of drug-likeness (QED) is 0.566. The number of rotatable bonds is 2. The van der Waals surface area contributed by atoms with Gasteiger partial charge in [-0.15, -0.1) is 10.2 Å². The van der Waals surface area contributed by atoms with Crippen molar-refractivity contribution in [3.63, 3.8) is 0 Å². The fourth-order valence-electron chi connectivity index (χ4n) is 4.02. The fourth-order valence-corrected chi connectivity index (χ4v) is 4.02. The van der Waals surface area contributed by atoms with Crippen LogP contribution in [0.25, 0.3) is 16.6 Å². The van der Waals surface area contributed by atoms with Gasteiger partial charge in [-0.1, -0.05) is 6.07 Å². The first-order valence-electron chi connectivity index (χ1n) is 9.51. The van der Waals surface area contributed by atoms with E-state index in [0.717, 1.165) is 16.8 Å². The van der Waals surface area contributed by atoms with Crippen LogP contribution in [0.4, 0.5) is 10.2 Å². The van der Waals surface area contributed by atoms with Crippen LogP contribution in [0.3, 0.4) is 0 Å². The van der Waals surface area contributed by atoms with E-state index in [1.165, 1.54) is 6.07 Å². The molecule has 1 N–H and O–H groups in total. The van der Waals surface area contributed by atoms with E-state index in [1.54, 1.807) is 35.8 Å². The lowest BCUT2D eigenvalue weighted by Gasteiger charge is -2.40. The standard InChI is InChI=1S/C20H20FN7O/c1-12-3-4-15(21)17-14(12)9-16(24-17)20(29)26-7-8-28(13(2)10-26)18-19-25-23-11-27(19)6-5-22-18/h3-6,9,11,13,24H,7-8,10H2,1-2H3. The molecule has 8 nitrogen and oxygen atoms in total. The van der Waals surface area contributed by atoms with Gasteiger partial charge in [-0.05, 0) is 31.5 Å². The Hall–Kier alpha value is -3.49. The van der Waals surface area contributed by atoms with Gasteiger partial charge in [-0.25, -0.2) is 9.37 Å². The highest BCUT2D eigenvalue weighted by Crippen LogP contribution is 2.25. The molecule has 9 heteroatoms. The Balaban J connectivity index is 1.39. The topological polar surface area (TPSA) is 82.4 Å². The second-order valence-electron chi connectivity index (χ2n) is 7.44. The van der Waals surface area contributed by atoms with Gasteiger partial charge in [0.05, 0.1) is 5.52 Å². The third-order valence-electron chi connectivity index (χ3n) is 5.58. The molecule has 1 amide bonds. The van der Waals surface area contributed by atoms with Crippen LogP contribution in [-0.4, -0.2) is 61.0 Å². The van der Waals surface area contributed by atoms with Crippen LogP contribution in [0.1, 0.15) is 23.0 Å². The van der Waals surface area contributed by atoms with Crippen molar-refractivity contribution in [3.8, 4) is 0 Å². The third kappa shape index (κ3) is 2.81. The zero-order valence-electron chi connectivity index (χ0n) is 16.1. The van der Waals surface area contributed by atoms with Crippen LogP contribution < -0.4 is 4.90 Å². The Kier molecular flexibility index (Phi) is 3.97. The number of carbonyl (C=O) groups is 1. The second kappa shape index (κ2) is 6.54. The van der Waals surface area contributed by atoms with Gasteiger partial charge in [0.1, 0.15) is 17.8 Å². The van der Waals surface area contributed by atoms with E-state index in [4.69, 9.17) is 0 Å². The summed E-state index contributed by atoms with van der Waals surface area (Å²) in [4.78, 5) is 24.4. The molecule has 1 fully saturated rings. The van der Waals surface area contributed by atoms with Crippen molar-refractivity contribution in [1.29, 1.82) is 0 Å². The van der Waals surface area contributed by atoms with Crippen molar-refractivity contribution < 1.29 is 9.18 Å². The van der Waals surface area contributed by atoms with E-state index in [2.05, 4.69) is 32.0 Å². The lowest BCUT2D eigenvalue weighted by Crippen LogP contribution is -2.54. The maximum absolute atomic E-state index is 14.1. The van der Waals surface area contributed by atoms with Crippen molar-refractivity contribution >= 4 is 28.3 Å². The summed E-state index contributed by atoms with van der Waals surface area (Å²) in [6.07, 6.45) is 5.17. The number of anilines is 1. The summed E-state index contributed by atoms with van der Waals surface area (Å²) in [6, 6.07) is 4.93. The Morgan fingerprint density at radius 3 is 2.97 bits per heavy atom. The number of fused-ring (bicyclic) bond motifs is 2. The van der Waals surface area contributed by atoms with E-state index in [-0.39, 0.29) is 17.8 Å². The Bertz CT molecular complexity index is 1190. The van der Waals surface area contributed by atoms with Crippen LogP contribution >= 0.6 is 0 Å². The van der Waals surface area contributed by atoms with Crippen molar-refractivity contribution in [2.45, 2.75) is 19.9 Å². The van der Waals surface area contributed by atoms with Crippen LogP contribution in [0.2, 0.25) is 0 Å². The molecular formula is C20H20FN7O. The van der Waals surface area contributed by atoms with Gasteiger partial charge in [0.25, 0.3) is 5.91 Å². The zero-order valence-corrected chi connectivity index (χ0v) is 16.1. The number of benzene rings is 1. The van der Waals surface area contributed by atoms with Crippen molar-refractivity contribution in [3.05, 3.63) is 54.0 Å². The summed E-state index contributed by atoms with van der Waals surface area (Å²) in [6.45, 7) is 5.66. The molecule has 29 heavy (non-hydrogen) atoms. The van der Waals surface area contributed by atoms with Crippen molar-refractivity contribution in [1.82, 2.24) is 29.5 Å². The number of aromatic nitrogens is 5. The molecule has 1 atom stereocenters. The van der Waals surface area contributed by atoms with Crippen LogP contribution in [0, 0.1) is 12.7 Å². The van der Waals surface area contributed by atoms with E-state index in [0.29, 0.717) is 36.5 Å². The predicted octanol–water partition coefficient (Wildman–Crippen LogP) is 2.40. The molecule has 3 aromatic heterocycles. The summed E-state index contributed by atoms with van der Waals surface area (Å²) >= 11 is 0. The van der Waals surface area contributed by atoms with Crippen LogP contribution in [0.15, 0.2) is 36.9 Å². The monoisotopic (exact) mass is 393 g/mol. The van der Waals surface area contributed by atoms with Gasteiger partial charge in [-0.3, -0.25) is 9.20 Å². The van der Waals surface area contributed by atoms with Gasteiger partial charge >= 0.3 is 0 Å². The minimum atomic E-state index is -0.352. The summed E-state index contributed by atoms with van der Waals surface area (Å²) in [5, 5.41) is 8.84. The molecule has 0 radical (unpaired) electrons. The number of aromatic amines is 1. The highest BCUT2D eigenvalue weighted by atomic mass is 19.1. The summed E-state index contributed by atoms with van der Waals surface area (Å²) in [7, 11) is 0. The van der Waals surface area contributed by atoms with Crippen LogP contribution in [-0.2, 0) is 0 Å². The summed E-state index contributed by atoms with van der Waals surface area (Å²) < 4.78 is 15.9. The number of carbonyl (C=O) groups excluding carboxylic acids is 1. The largest absolute Gasteiger partial charge is 0.348 e. The number of piperazine rings is 1. The highest BCUT2D eigenvalue weighted by molar-refractivity contribution is 5.99. The predicted molar refractivity (Wildman–Crippen MR) is 106 cm³/mol. The Morgan fingerprint density at radius 1 is 1.31 bits per heavy atom. The van der Waals surface area contributed by atoms with Gasteiger partial charge in [0.15, 0.2) is 5.82 Å². The molecule has 5 rings (SSSR count). The van der Waals surface area contributed by atoms with E-state index < -0.39 is 0 Å². The molecular weight excluding hydrogens is 373 g/mol. The van der Waals surface area contributed by atoms with Gasteiger partial charge in [-0.2, -0.15) is 0 Å². The number of nitrogens with zero attached hydrogens (tertiary/aromatic N) is 6. The first-order chi connectivity index (χ1) is 14.0. The normalized spacial score (nSPS) is 17.4. The number of hydrogen-bond donors (Lipinski definition) is 1. The molecule has 1 aliphatic rings. The number of amides is 1. The van der Waals surface area contributed by atoms with E-state index >= 15 is 0 Å². The summed E-state index contributed by atoms with van der Waals surface area (Å²) in [5.74, 6) is 0.281. The Labute approximate surface area is 166 Å². The molecule has 1 unspecified atom stereocenters. The molecule has 0 saturated carbocycles. The first kappa shape index (κ1) is 17.6. The van der Waals surface area contributed by atoms with Gasteiger partial charge in [0.2, 0.25) is 5.65 Å². The first-order valence-corrected chi connectivity index (χ1v) is 9.51. The highest BCUT2D eigenvalue weighted by Gasteiger charge is 2.30. The van der Waals surface area contributed by atoms with Gasteiger partial charge < -0.3 is 14.8 Å². The molecule has 1 saturated heterocycles. The molecule has 4 aromatic rings. The minimum Gasteiger partial charge on any atom is -0.348 e. The average molecular weight is 393 g/mol. The molecule has 0 spiro atoms. The van der Waals surface area contributed by atoms with Crippen molar-refractivity contribution in [2.75, 3.05) is 24.5 Å². The summed E-state index contributed by atoms with van der Waals surface area (Å²) in [5.41, 5.74) is 2.41. The smallest absolute Gasteiger partial charge is 0.270 e. The molecule has 4 heterocycles. The number of H-pyrrole nitrogens is 1. The average Bonchev–Trinajstić information content (AvgIpc) is 3.38. The van der Waals surface area contributed by atoms with Crippen LogP contribution in [0.5, 0.6) is 0 Å². The maximum atomic E-state index is 14.1. The number of nitrogens with one attached hydrogen (secondary N) is 1. The lowest BCUT2D eigenvalue weighted by molar-refractivity contribution is 0.0721. The zero-order chi connectivity index (χ0) is 20.1. The van der Waals surface area contributed by atoms with Crippen molar-refractivity contribution in [2.24, 2.45) is 0 Å². The molecule has 1 aromatic carbocycles. The molecule has 0 bridgehead atoms. The minimum absolute atomic E-state index is 0.0472. The molecule has 148 valence electrons. The number of aryl methyl sites for hydroxylation is 1. The third-order valence-corrected chi connectivity index (χ3v) is 5.58.